The number of amides is 2. The van der Waals surface area contributed by atoms with E-state index in [1.54, 1.807) is 47.4 Å². The summed E-state index contributed by atoms with van der Waals surface area (Å²) >= 11 is 0. The molecule has 3 rings (SSSR count). The number of rotatable bonds is 7. The first-order chi connectivity index (χ1) is 14.0. The third kappa shape index (κ3) is 5.57. The predicted molar refractivity (Wildman–Crippen MR) is 106 cm³/mol. The second-order valence-electron chi connectivity index (χ2n) is 6.97. The van der Waals surface area contributed by atoms with Crippen molar-refractivity contribution < 1.29 is 24.2 Å². The van der Waals surface area contributed by atoms with Crippen LogP contribution < -0.4 is 10.1 Å². The van der Waals surface area contributed by atoms with Crippen LogP contribution in [0.5, 0.6) is 5.75 Å². The minimum atomic E-state index is -1.12. The van der Waals surface area contributed by atoms with Gasteiger partial charge in [-0.2, -0.15) is 0 Å². The number of para-hydroxylation sites is 1. The van der Waals surface area contributed by atoms with E-state index in [2.05, 4.69) is 5.32 Å². The van der Waals surface area contributed by atoms with Gasteiger partial charge in [0.1, 0.15) is 5.75 Å². The highest BCUT2D eigenvalue weighted by Crippen LogP contribution is 2.20. The number of carboxylic acids is 1. The molecular weight excluding hydrogens is 372 g/mol. The summed E-state index contributed by atoms with van der Waals surface area (Å²) in [5, 5.41) is 12.1. The zero-order chi connectivity index (χ0) is 20.6. The molecule has 2 aromatic carbocycles. The fourth-order valence-corrected chi connectivity index (χ4v) is 3.36. The van der Waals surface area contributed by atoms with Crippen molar-refractivity contribution in [2.45, 2.75) is 18.9 Å². The largest absolute Gasteiger partial charge is 0.484 e. The molecule has 2 atom stereocenters. The van der Waals surface area contributed by atoms with E-state index < -0.39 is 17.9 Å². The zero-order valence-electron chi connectivity index (χ0n) is 16.0. The Morgan fingerprint density at radius 2 is 1.72 bits per heavy atom. The van der Waals surface area contributed by atoms with Crippen LogP contribution in [0.15, 0.2) is 60.7 Å². The monoisotopic (exact) mass is 396 g/mol. The number of carbonyl (C=O) groups is 3. The lowest BCUT2D eigenvalue weighted by molar-refractivity contribution is -0.144. The summed E-state index contributed by atoms with van der Waals surface area (Å²) in [4.78, 5) is 38.4. The summed E-state index contributed by atoms with van der Waals surface area (Å²) in [6.07, 6.45) is 1.29. The summed E-state index contributed by atoms with van der Waals surface area (Å²) < 4.78 is 5.50. The molecule has 2 N–H and O–H groups in total. The van der Waals surface area contributed by atoms with E-state index in [1.165, 1.54) is 0 Å². The number of aliphatic carboxylic acids is 1. The van der Waals surface area contributed by atoms with Gasteiger partial charge >= 0.3 is 5.97 Å². The van der Waals surface area contributed by atoms with Crippen molar-refractivity contribution >= 4 is 17.8 Å². The highest BCUT2D eigenvalue weighted by atomic mass is 16.5. The summed E-state index contributed by atoms with van der Waals surface area (Å²) in [6, 6.07) is 16.5. The van der Waals surface area contributed by atoms with E-state index in [-0.39, 0.29) is 25.0 Å². The molecule has 1 saturated heterocycles. The van der Waals surface area contributed by atoms with Crippen molar-refractivity contribution in [3.05, 3.63) is 66.2 Å². The smallest absolute Gasteiger partial charge is 0.330 e. The Morgan fingerprint density at radius 3 is 2.38 bits per heavy atom. The molecule has 1 aliphatic rings. The first kappa shape index (κ1) is 20.4. The molecule has 2 amide bonds. The first-order valence-corrected chi connectivity index (χ1v) is 9.58. The van der Waals surface area contributed by atoms with Gasteiger partial charge in [-0.05, 0) is 30.5 Å². The second-order valence-corrected chi connectivity index (χ2v) is 6.97. The molecule has 0 saturated carbocycles. The zero-order valence-corrected chi connectivity index (χ0v) is 16.0. The Balaban J connectivity index is 1.57. The Labute approximate surface area is 169 Å². The number of nitrogens with one attached hydrogen (secondary N) is 1. The van der Waals surface area contributed by atoms with Gasteiger partial charge in [0.05, 0.1) is 5.92 Å². The normalized spacial score (nSPS) is 17.2. The maximum absolute atomic E-state index is 12.7. The summed E-state index contributed by atoms with van der Waals surface area (Å²) in [7, 11) is 0. The van der Waals surface area contributed by atoms with E-state index in [0.29, 0.717) is 30.7 Å². The summed E-state index contributed by atoms with van der Waals surface area (Å²) in [6.45, 7) is 0.714. The van der Waals surface area contributed by atoms with E-state index in [4.69, 9.17) is 4.74 Å². The van der Waals surface area contributed by atoms with Gasteiger partial charge in [-0.15, -0.1) is 0 Å². The maximum Gasteiger partial charge on any atom is 0.330 e. The quantitative estimate of drug-likeness (QED) is 0.748. The number of hydrogen-bond donors (Lipinski definition) is 2. The molecule has 0 bridgehead atoms. The molecule has 2 unspecified atom stereocenters. The highest BCUT2D eigenvalue weighted by molar-refractivity contribution is 5.86. The van der Waals surface area contributed by atoms with E-state index in [1.807, 2.05) is 18.2 Å². The number of benzene rings is 2. The van der Waals surface area contributed by atoms with Gasteiger partial charge in [0.25, 0.3) is 5.91 Å². The maximum atomic E-state index is 12.7. The average Bonchev–Trinajstić information content (AvgIpc) is 2.76. The number of ether oxygens (including phenoxy) is 1. The van der Waals surface area contributed by atoms with E-state index in [0.717, 1.165) is 0 Å². The molecule has 152 valence electrons. The molecule has 7 nitrogen and oxygen atoms in total. The van der Waals surface area contributed by atoms with Crippen molar-refractivity contribution in [2.75, 3.05) is 19.7 Å². The summed E-state index contributed by atoms with van der Waals surface area (Å²) in [5.41, 5.74) is 0.508. The minimum absolute atomic E-state index is 0.0971. The van der Waals surface area contributed by atoms with Gasteiger partial charge in [0, 0.05) is 13.1 Å². The molecule has 0 aromatic heterocycles. The molecule has 1 aliphatic heterocycles. The molecule has 1 fully saturated rings. The molecule has 0 aliphatic carbocycles. The lowest BCUT2D eigenvalue weighted by atomic mass is 9.96. The molecule has 1 heterocycles. The average molecular weight is 396 g/mol. The van der Waals surface area contributed by atoms with Crippen LogP contribution in [-0.2, 0) is 14.4 Å². The molecule has 0 spiro atoms. The number of nitrogens with zero attached hydrogens (tertiary/aromatic N) is 1. The summed E-state index contributed by atoms with van der Waals surface area (Å²) in [5.74, 6) is -1.51. The van der Waals surface area contributed by atoms with Gasteiger partial charge < -0.3 is 20.1 Å². The van der Waals surface area contributed by atoms with Crippen LogP contribution in [-0.4, -0.2) is 47.5 Å². The Hall–Kier alpha value is -3.35. The van der Waals surface area contributed by atoms with Crippen LogP contribution in [0.1, 0.15) is 24.4 Å². The van der Waals surface area contributed by atoms with Crippen molar-refractivity contribution in [2.24, 2.45) is 5.92 Å². The molecule has 2 aromatic rings. The fourth-order valence-electron chi connectivity index (χ4n) is 3.36. The predicted octanol–water partition coefficient (Wildman–Crippen LogP) is 2.25. The van der Waals surface area contributed by atoms with Crippen LogP contribution in [0.4, 0.5) is 0 Å². The standard InChI is InChI=1S/C22H24N2O5/c25-19(15-29-18-11-5-2-6-12-18)24-13-7-10-17(14-24)21(26)23-20(22(27)28)16-8-3-1-4-9-16/h1-6,8-9,11-12,17,20H,7,10,13-15H2,(H,23,26)(H,27,28). The number of hydrogen-bond acceptors (Lipinski definition) is 4. The van der Waals surface area contributed by atoms with Crippen molar-refractivity contribution in [3.8, 4) is 5.75 Å². The third-order valence-corrected chi connectivity index (χ3v) is 4.92. The Morgan fingerprint density at radius 1 is 1.07 bits per heavy atom. The van der Waals surface area contributed by atoms with Crippen LogP contribution in [0, 0.1) is 5.92 Å². The molecular formula is C22H24N2O5. The number of piperidine rings is 1. The Kier molecular flexibility index (Phi) is 6.84. The van der Waals surface area contributed by atoms with Crippen LogP contribution in [0.3, 0.4) is 0 Å². The van der Waals surface area contributed by atoms with Crippen molar-refractivity contribution in [1.29, 1.82) is 0 Å². The molecule has 7 heteroatoms. The number of carboxylic acid groups (broad SMARTS) is 1. The second kappa shape index (κ2) is 9.73. The number of carbonyl (C=O) groups excluding carboxylic acids is 2. The fraction of sp³-hybridized carbons (Fsp3) is 0.318. The van der Waals surface area contributed by atoms with Gasteiger partial charge in [0.15, 0.2) is 12.6 Å². The van der Waals surface area contributed by atoms with Gasteiger partial charge in [-0.3, -0.25) is 9.59 Å². The van der Waals surface area contributed by atoms with Crippen LogP contribution in [0.25, 0.3) is 0 Å². The van der Waals surface area contributed by atoms with Crippen molar-refractivity contribution in [1.82, 2.24) is 10.2 Å². The van der Waals surface area contributed by atoms with Crippen LogP contribution >= 0.6 is 0 Å². The minimum Gasteiger partial charge on any atom is -0.484 e. The van der Waals surface area contributed by atoms with Gasteiger partial charge in [-0.1, -0.05) is 48.5 Å². The van der Waals surface area contributed by atoms with Crippen molar-refractivity contribution in [3.63, 3.8) is 0 Å². The van der Waals surface area contributed by atoms with Crippen LogP contribution in [0.2, 0.25) is 0 Å². The lowest BCUT2D eigenvalue weighted by Crippen LogP contribution is -2.48. The Bertz CT molecular complexity index is 841. The first-order valence-electron chi connectivity index (χ1n) is 9.58. The topological polar surface area (TPSA) is 95.9 Å². The van der Waals surface area contributed by atoms with Gasteiger partial charge in [-0.25, -0.2) is 4.79 Å². The van der Waals surface area contributed by atoms with Gasteiger partial charge in [0.2, 0.25) is 5.91 Å². The van der Waals surface area contributed by atoms with E-state index in [9.17, 15) is 19.5 Å². The molecule has 0 radical (unpaired) electrons. The highest BCUT2D eigenvalue weighted by Gasteiger charge is 2.31. The number of likely N-dealkylation sites (tertiary alicyclic amines) is 1. The van der Waals surface area contributed by atoms with E-state index >= 15 is 0 Å². The molecule has 29 heavy (non-hydrogen) atoms. The third-order valence-electron chi connectivity index (χ3n) is 4.92. The lowest BCUT2D eigenvalue weighted by Gasteiger charge is -2.32. The SMILES string of the molecule is O=C(NC(C(=O)O)c1ccccc1)C1CCCN(C(=O)COc2ccccc2)C1.